The number of hydrogen-bond donors (Lipinski definition) is 1. The van der Waals surface area contributed by atoms with Gasteiger partial charge in [-0.05, 0) is 18.6 Å². The summed E-state index contributed by atoms with van der Waals surface area (Å²) in [6, 6.07) is 11.0. The van der Waals surface area contributed by atoms with Crippen molar-refractivity contribution in [2.24, 2.45) is 11.7 Å². The number of ketones is 1. The summed E-state index contributed by atoms with van der Waals surface area (Å²) in [6.07, 6.45) is 0.392. The lowest BCUT2D eigenvalue weighted by molar-refractivity contribution is -0.120. The highest BCUT2D eigenvalue weighted by Gasteiger charge is 2.24. The van der Waals surface area contributed by atoms with Crippen molar-refractivity contribution in [1.82, 2.24) is 4.98 Å². The largest absolute Gasteiger partial charge is 0.369 e. The zero-order chi connectivity index (χ0) is 13.1. The highest BCUT2D eigenvalue weighted by molar-refractivity contribution is 6.09. The van der Waals surface area contributed by atoms with E-state index < -0.39 is 11.8 Å². The molecule has 0 bridgehead atoms. The van der Waals surface area contributed by atoms with E-state index in [-0.39, 0.29) is 5.78 Å². The molecule has 1 aromatic heterocycles. The van der Waals surface area contributed by atoms with Crippen molar-refractivity contribution >= 4 is 22.6 Å². The molecule has 0 aliphatic carbocycles. The Bertz CT molecular complexity index is 608. The molecule has 2 aromatic rings. The first kappa shape index (κ1) is 12.2. The van der Waals surface area contributed by atoms with Gasteiger partial charge in [-0.3, -0.25) is 9.59 Å². The topological polar surface area (TPSA) is 73.1 Å². The third kappa shape index (κ3) is 2.22. The summed E-state index contributed by atoms with van der Waals surface area (Å²) in [5.74, 6) is -1.70. The monoisotopic (exact) mass is 242 g/mol. The molecule has 92 valence electrons. The Hall–Kier alpha value is -2.23. The van der Waals surface area contributed by atoms with Crippen LogP contribution in [0.4, 0.5) is 0 Å². The average Bonchev–Trinajstić information content (AvgIpc) is 2.38. The normalized spacial score (nSPS) is 12.3. The molecule has 0 aliphatic heterocycles. The van der Waals surface area contributed by atoms with Gasteiger partial charge in [0.05, 0.1) is 5.52 Å². The summed E-state index contributed by atoms with van der Waals surface area (Å²) in [5, 5.41) is 0.959. The SMILES string of the molecule is CCC(C(N)=O)C(=O)c1ccc2ccccc2n1. The van der Waals surface area contributed by atoms with E-state index in [2.05, 4.69) is 4.98 Å². The molecule has 0 saturated carbocycles. The second kappa shape index (κ2) is 4.96. The number of amides is 1. The molecular formula is C14H14N2O2. The number of carbonyl (C=O) groups excluding carboxylic acids is 2. The minimum absolute atomic E-state index is 0.291. The van der Waals surface area contributed by atoms with Gasteiger partial charge in [0.1, 0.15) is 11.6 Å². The molecule has 18 heavy (non-hydrogen) atoms. The van der Waals surface area contributed by atoms with E-state index >= 15 is 0 Å². The molecule has 0 radical (unpaired) electrons. The smallest absolute Gasteiger partial charge is 0.228 e. The van der Waals surface area contributed by atoms with Crippen molar-refractivity contribution in [2.75, 3.05) is 0 Å². The number of nitrogens with two attached hydrogens (primary N) is 1. The molecule has 1 amide bonds. The molecule has 1 unspecified atom stereocenters. The predicted octanol–water partition coefficient (Wildman–Crippen LogP) is 1.93. The van der Waals surface area contributed by atoms with Crippen molar-refractivity contribution in [3.8, 4) is 0 Å². The summed E-state index contributed by atoms with van der Waals surface area (Å²) in [4.78, 5) is 27.5. The Morgan fingerprint density at radius 1 is 1.22 bits per heavy atom. The van der Waals surface area contributed by atoms with Gasteiger partial charge in [0.2, 0.25) is 5.91 Å². The number of Topliss-reactive ketones (excluding diaryl/α,β-unsaturated/α-hetero) is 1. The maximum absolute atomic E-state index is 12.1. The van der Waals surface area contributed by atoms with Crippen LogP contribution in [-0.4, -0.2) is 16.7 Å². The molecule has 1 heterocycles. The highest BCUT2D eigenvalue weighted by atomic mass is 16.2. The van der Waals surface area contributed by atoms with Crippen molar-refractivity contribution in [1.29, 1.82) is 0 Å². The van der Waals surface area contributed by atoms with Crippen LogP contribution < -0.4 is 5.73 Å². The molecule has 2 rings (SSSR count). The number of fused-ring (bicyclic) bond motifs is 1. The summed E-state index contributed by atoms with van der Waals surface area (Å²) in [7, 11) is 0. The molecule has 4 nitrogen and oxygen atoms in total. The predicted molar refractivity (Wildman–Crippen MR) is 69.0 cm³/mol. The summed E-state index contributed by atoms with van der Waals surface area (Å²) >= 11 is 0. The van der Waals surface area contributed by atoms with Crippen LogP contribution in [0.25, 0.3) is 10.9 Å². The first-order chi connectivity index (χ1) is 8.63. The average molecular weight is 242 g/mol. The Kier molecular flexibility index (Phi) is 3.37. The van der Waals surface area contributed by atoms with Gasteiger partial charge in [0, 0.05) is 5.39 Å². The summed E-state index contributed by atoms with van der Waals surface area (Å²) in [5.41, 5.74) is 6.24. The second-order valence-corrected chi connectivity index (χ2v) is 4.12. The minimum Gasteiger partial charge on any atom is -0.369 e. The van der Waals surface area contributed by atoms with Crippen molar-refractivity contribution in [3.63, 3.8) is 0 Å². The van der Waals surface area contributed by atoms with E-state index in [1.165, 1.54) is 0 Å². The number of hydrogen-bond acceptors (Lipinski definition) is 3. The number of benzene rings is 1. The first-order valence-electron chi connectivity index (χ1n) is 5.82. The molecular weight excluding hydrogens is 228 g/mol. The molecule has 0 fully saturated rings. The minimum atomic E-state index is -0.793. The maximum Gasteiger partial charge on any atom is 0.228 e. The molecule has 1 atom stereocenters. The van der Waals surface area contributed by atoms with Crippen LogP contribution in [0.2, 0.25) is 0 Å². The lowest BCUT2D eigenvalue weighted by Crippen LogP contribution is -2.30. The zero-order valence-corrected chi connectivity index (χ0v) is 10.1. The highest BCUT2D eigenvalue weighted by Crippen LogP contribution is 2.15. The van der Waals surface area contributed by atoms with Crippen molar-refractivity contribution in [2.45, 2.75) is 13.3 Å². The van der Waals surface area contributed by atoms with E-state index in [0.717, 1.165) is 10.9 Å². The van der Waals surface area contributed by atoms with E-state index in [9.17, 15) is 9.59 Å². The number of nitrogens with zero attached hydrogens (tertiary/aromatic N) is 1. The van der Waals surface area contributed by atoms with Crippen LogP contribution in [0.3, 0.4) is 0 Å². The van der Waals surface area contributed by atoms with Gasteiger partial charge in [-0.2, -0.15) is 0 Å². The van der Waals surface area contributed by atoms with Gasteiger partial charge < -0.3 is 5.73 Å². The van der Waals surface area contributed by atoms with Gasteiger partial charge in [-0.1, -0.05) is 31.2 Å². The van der Waals surface area contributed by atoms with Crippen LogP contribution >= 0.6 is 0 Å². The number of carbonyl (C=O) groups is 2. The van der Waals surface area contributed by atoms with E-state index in [1.807, 2.05) is 30.3 Å². The Balaban J connectivity index is 2.42. The molecule has 1 aromatic carbocycles. The van der Waals surface area contributed by atoms with E-state index in [1.54, 1.807) is 13.0 Å². The molecule has 0 spiro atoms. The molecule has 2 N–H and O–H groups in total. The number of rotatable bonds is 4. The van der Waals surface area contributed by atoms with Crippen LogP contribution in [-0.2, 0) is 4.79 Å². The fourth-order valence-corrected chi connectivity index (χ4v) is 1.90. The quantitative estimate of drug-likeness (QED) is 0.657. The number of primary amides is 1. The van der Waals surface area contributed by atoms with Gasteiger partial charge in [-0.15, -0.1) is 0 Å². The molecule has 0 saturated heterocycles. The van der Waals surface area contributed by atoms with Crippen molar-refractivity contribution in [3.05, 3.63) is 42.1 Å². The standard InChI is InChI=1S/C14H14N2O2/c1-2-10(14(15)18)13(17)12-8-7-9-5-3-4-6-11(9)16-12/h3-8,10H,2H2,1H3,(H2,15,18). The fraction of sp³-hybridized carbons (Fsp3) is 0.214. The Morgan fingerprint density at radius 3 is 2.61 bits per heavy atom. The van der Waals surface area contributed by atoms with Crippen LogP contribution in [0.5, 0.6) is 0 Å². The Morgan fingerprint density at radius 2 is 1.94 bits per heavy atom. The van der Waals surface area contributed by atoms with Gasteiger partial charge in [0.15, 0.2) is 5.78 Å². The van der Waals surface area contributed by atoms with Gasteiger partial charge >= 0.3 is 0 Å². The first-order valence-corrected chi connectivity index (χ1v) is 5.82. The molecule has 0 aliphatic rings. The summed E-state index contributed by atoms with van der Waals surface area (Å²) < 4.78 is 0. The Labute approximate surface area is 105 Å². The van der Waals surface area contributed by atoms with E-state index in [4.69, 9.17) is 5.73 Å². The van der Waals surface area contributed by atoms with Gasteiger partial charge in [0.25, 0.3) is 0 Å². The fourth-order valence-electron chi connectivity index (χ4n) is 1.90. The number of pyridine rings is 1. The van der Waals surface area contributed by atoms with Gasteiger partial charge in [-0.25, -0.2) is 4.98 Å². The number of aromatic nitrogens is 1. The van der Waals surface area contributed by atoms with E-state index in [0.29, 0.717) is 12.1 Å². The molecule has 4 heteroatoms. The maximum atomic E-state index is 12.1. The van der Waals surface area contributed by atoms with Crippen LogP contribution in [0, 0.1) is 5.92 Å². The van der Waals surface area contributed by atoms with Crippen molar-refractivity contribution < 1.29 is 9.59 Å². The number of para-hydroxylation sites is 1. The third-order valence-electron chi connectivity index (χ3n) is 2.92. The summed E-state index contributed by atoms with van der Waals surface area (Å²) in [6.45, 7) is 1.76. The third-order valence-corrected chi connectivity index (χ3v) is 2.92. The van der Waals surface area contributed by atoms with Crippen LogP contribution in [0.1, 0.15) is 23.8 Å². The second-order valence-electron chi connectivity index (χ2n) is 4.12. The van der Waals surface area contributed by atoms with Crippen LogP contribution in [0.15, 0.2) is 36.4 Å². The zero-order valence-electron chi connectivity index (χ0n) is 10.1. The lowest BCUT2D eigenvalue weighted by Gasteiger charge is -2.09. The lowest BCUT2D eigenvalue weighted by atomic mass is 9.97.